The zero-order chi connectivity index (χ0) is 19.2. The van der Waals surface area contributed by atoms with Crippen LogP contribution in [-0.4, -0.2) is 62.6 Å². The van der Waals surface area contributed by atoms with Gasteiger partial charge in [-0.3, -0.25) is 9.69 Å². The molecular weight excluding hydrogens is 338 g/mol. The summed E-state index contributed by atoms with van der Waals surface area (Å²) in [7, 11) is 3.58. The zero-order valence-corrected chi connectivity index (χ0v) is 16.5. The average Bonchev–Trinajstić information content (AvgIpc) is 2.74. The quantitative estimate of drug-likeness (QED) is 0.786. The third-order valence-corrected chi connectivity index (χ3v) is 5.43. The molecule has 144 valence electrons. The number of hydrogen-bond acceptors (Lipinski definition) is 4. The number of hydrogen-bond donors (Lipinski definition) is 0. The van der Waals surface area contributed by atoms with Crippen molar-refractivity contribution in [1.29, 1.82) is 0 Å². The fourth-order valence-corrected chi connectivity index (χ4v) is 3.43. The maximum Gasteiger partial charge on any atom is 0.236 e. The second-order valence-corrected chi connectivity index (χ2v) is 7.05. The molecule has 1 atom stereocenters. The lowest BCUT2D eigenvalue weighted by Crippen LogP contribution is -2.50. The summed E-state index contributed by atoms with van der Waals surface area (Å²) in [5.41, 5.74) is 2.37. The van der Waals surface area contributed by atoms with Gasteiger partial charge in [0, 0.05) is 38.9 Å². The van der Waals surface area contributed by atoms with E-state index in [1.54, 1.807) is 7.11 Å². The number of carbonyl (C=O) groups excluding carboxylic acids is 1. The number of anilines is 1. The van der Waals surface area contributed by atoms with Gasteiger partial charge in [0.2, 0.25) is 5.91 Å². The number of piperazine rings is 1. The fraction of sp³-hybridized carbons (Fsp3) is 0.409. The summed E-state index contributed by atoms with van der Waals surface area (Å²) in [4.78, 5) is 19.2. The Labute approximate surface area is 162 Å². The van der Waals surface area contributed by atoms with Crippen LogP contribution in [0.2, 0.25) is 0 Å². The van der Waals surface area contributed by atoms with E-state index < -0.39 is 0 Å². The van der Waals surface area contributed by atoms with Crippen LogP contribution in [0.1, 0.15) is 18.5 Å². The van der Waals surface area contributed by atoms with Crippen molar-refractivity contribution in [3.8, 4) is 5.75 Å². The molecule has 1 aliphatic rings. The van der Waals surface area contributed by atoms with Gasteiger partial charge in [-0.2, -0.15) is 0 Å². The highest BCUT2D eigenvalue weighted by Gasteiger charge is 2.23. The second kappa shape index (κ2) is 8.91. The Kier molecular flexibility index (Phi) is 6.35. The first-order chi connectivity index (χ1) is 13.1. The third-order valence-electron chi connectivity index (χ3n) is 5.43. The summed E-state index contributed by atoms with van der Waals surface area (Å²) in [6.45, 7) is 6.20. The lowest BCUT2D eigenvalue weighted by Gasteiger charge is -2.37. The number of carbonyl (C=O) groups is 1. The Morgan fingerprint density at radius 2 is 1.67 bits per heavy atom. The highest BCUT2D eigenvalue weighted by Crippen LogP contribution is 2.21. The first-order valence-corrected chi connectivity index (χ1v) is 9.50. The van der Waals surface area contributed by atoms with Gasteiger partial charge in [-0.05, 0) is 36.8 Å². The smallest absolute Gasteiger partial charge is 0.236 e. The first-order valence-electron chi connectivity index (χ1n) is 9.50. The van der Waals surface area contributed by atoms with Crippen LogP contribution in [0.3, 0.4) is 0 Å². The van der Waals surface area contributed by atoms with Crippen LogP contribution >= 0.6 is 0 Å². The van der Waals surface area contributed by atoms with Crippen LogP contribution in [0.5, 0.6) is 5.75 Å². The van der Waals surface area contributed by atoms with Gasteiger partial charge < -0.3 is 14.5 Å². The molecule has 0 N–H and O–H groups in total. The summed E-state index contributed by atoms with van der Waals surface area (Å²) in [5.74, 6) is 1.04. The van der Waals surface area contributed by atoms with Crippen molar-refractivity contribution < 1.29 is 9.53 Å². The van der Waals surface area contributed by atoms with Gasteiger partial charge >= 0.3 is 0 Å². The van der Waals surface area contributed by atoms with Crippen LogP contribution in [-0.2, 0) is 4.79 Å². The molecule has 1 aliphatic heterocycles. The molecule has 1 heterocycles. The number of likely N-dealkylation sites (N-methyl/N-ethyl adjacent to an activating group) is 1. The molecular formula is C22H29N3O2. The number of ether oxygens (including phenoxy) is 1. The van der Waals surface area contributed by atoms with E-state index in [1.165, 1.54) is 5.69 Å². The minimum Gasteiger partial charge on any atom is -0.497 e. The molecule has 0 spiro atoms. The van der Waals surface area contributed by atoms with Crippen molar-refractivity contribution in [2.24, 2.45) is 0 Å². The lowest BCUT2D eigenvalue weighted by molar-refractivity contribution is -0.133. The highest BCUT2D eigenvalue weighted by atomic mass is 16.5. The Morgan fingerprint density at radius 1 is 1.04 bits per heavy atom. The maximum absolute atomic E-state index is 12.7. The molecule has 0 radical (unpaired) electrons. The molecule has 1 amide bonds. The second-order valence-electron chi connectivity index (χ2n) is 7.05. The van der Waals surface area contributed by atoms with Crippen molar-refractivity contribution in [1.82, 2.24) is 9.80 Å². The molecule has 3 rings (SSSR count). The van der Waals surface area contributed by atoms with Crippen molar-refractivity contribution in [2.75, 3.05) is 51.8 Å². The van der Waals surface area contributed by atoms with Gasteiger partial charge in [-0.1, -0.05) is 30.3 Å². The molecule has 5 nitrogen and oxygen atoms in total. The lowest BCUT2D eigenvalue weighted by atomic mass is 10.1. The van der Waals surface area contributed by atoms with E-state index in [4.69, 9.17) is 4.74 Å². The normalized spacial score (nSPS) is 16.0. The Bertz CT molecular complexity index is 725. The summed E-state index contributed by atoms with van der Waals surface area (Å²) >= 11 is 0. The van der Waals surface area contributed by atoms with E-state index >= 15 is 0 Å². The molecule has 5 heteroatoms. The number of rotatable bonds is 6. The van der Waals surface area contributed by atoms with E-state index in [0.29, 0.717) is 6.54 Å². The van der Waals surface area contributed by atoms with Crippen molar-refractivity contribution in [3.05, 3.63) is 60.2 Å². The molecule has 27 heavy (non-hydrogen) atoms. The molecule has 2 aromatic rings. The summed E-state index contributed by atoms with van der Waals surface area (Å²) in [6, 6.07) is 18.4. The molecule has 1 saturated heterocycles. The zero-order valence-electron chi connectivity index (χ0n) is 16.5. The van der Waals surface area contributed by atoms with E-state index in [1.807, 2.05) is 42.3 Å². The van der Waals surface area contributed by atoms with E-state index in [2.05, 4.69) is 41.0 Å². The summed E-state index contributed by atoms with van der Waals surface area (Å²) in [5, 5.41) is 0. The molecule has 0 aliphatic carbocycles. The van der Waals surface area contributed by atoms with Gasteiger partial charge in [0.15, 0.2) is 0 Å². The number of benzene rings is 2. The van der Waals surface area contributed by atoms with E-state index in [-0.39, 0.29) is 11.9 Å². The predicted octanol–water partition coefficient (Wildman–Crippen LogP) is 3.04. The molecule has 1 unspecified atom stereocenters. The SMILES string of the molecule is COc1ccc(N2CCN(CC(=O)N(C)C(C)c3ccccc3)CC2)cc1. The van der Waals surface area contributed by atoms with Crippen LogP contribution in [0.15, 0.2) is 54.6 Å². The van der Waals surface area contributed by atoms with Crippen LogP contribution < -0.4 is 9.64 Å². The number of nitrogens with zero attached hydrogens (tertiary/aromatic N) is 3. The summed E-state index contributed by atoms with van der Waals surface area (Å²) in [6.07, 6.45) is 0. The predicted molar refractivity (Wildman–Crippen MR) is 109 cm³/mol. The van der Waals surface area contributed by atoms with Crippen LogP contribution in [0.4, 0.5) is 5.69 Å². The van der Waals surface area contributed by atoms with Gasteiger partial charge in [-0.15, -0.1) is 0 Å². The first kappa shape index (κ1) is 19.2. The Balaban J connectivity index is 1.50. The van der Waals surface area contributed by atoms with Crippen LogP contribution in [0, 0.1) is 0 Å². The highest BCUT2D eigenvalue weighted by molar-refractivity contribution is 5.78. The van der Waals surface area contributed by atoms with Crippen LogP contribution in [0.25, 0.3) is 0 Å². The maximum atomic E-state index is 12.7. The van der Waals surface area contributed by atoms with E-state index in [9.17, 15) is 4.79 Å². The van der Waals surface area contributed by atoms with Gasteiger partial charge in [-0.25, -0.2) is 0 Å². The van der Waals surface area contributed by atoms with Gasteiger partial charge in [0.25, 0.3) is 0 Å². The van der Waals surface area contributed by atoms with E-state index in [0.717, 1.165) is 37.5 Å². The molecule has 0 bridgehead atoms. The Hall–Kier alpha value is -2.53. The van der Waals surface area contributed by atoms with Crippen molar-refractivity contribution >= 4 is 11.6 Å². The summed E-state index contributed by atoms with van der Waals surface area (Å²) < 4.78 is 5.22. The average molecular weight is 367 g/mol. The number of amides is 1. The molecule has 2 aromatic carbocycles. The molecule has 0 aromatic heterocycles. The van der Waals surface area contributed by atoms with Crippen molar-refractivity contribution in [2.45, 2.75) is 13.0 Å². The molecule has 0 saturated carbocycles. The number of methoxy groups -OCH3 is 1. The van der Waals surface area contributed by atoms with Crippen molar-refractivity contribution in [3.63, 3.8) is 0 Å². The minimum absolute atomic E-state index is 0.0827. The third kappa shape index (κ3) is 4.80. The monoisotopic (exact) mass is 367 g/mol. The largest absolute Gasteiger partial charge is 0.497 e. The molecule has 1 fully saturated rings. The Morgan fingerprint density at radius 3 is 2.26 bits per heavy atom. The standard InChI is InChI=1S/C22H29N3O2/c1-18(19-7-5-4-6-8-19)23(2)22(26)17-24-13-15-25(16-14-24)20-9-11-21(27-3)12-10-20/h4-12,18H,13-17H2,1-3H3. The fourth-order valence-electron chi connectivity index (χ4n) is 3.43. The minimum atomic E-state index is 0.0827. The topological polar surface area (TPSA) is 36.0 Å². The van der Waals surface area contributed by atoms with Gasteiger partial charge in [0.1, 0.15) is 5.75 Å². The van der Waals surface area contributed by atoms with Gasteiger partial charge in [0.05, 0.1) is 19.7 Å².